The van der Waals surface area contributed by atoms with Crippen LogP contribution in [0.2, 0.25) is 0 Å². The second kappa shape index (κ2) is 3.96. The fourth-order valence-corrected chi connectivity index (χ4v) is 1.77. The second-order valence-electron chi connectivity index (χ2n) is 4.24. The first-order valence-corrected chi connectivity index (χ1v) is 5.29. The summed E-state index contributed by atoms with van der Waals surface area (Å²) in [6.07, 6.45) is 1.03. The summed E-state index contributed by atoms with van der Waals surface area (Å²) in [5.41, 5.74) is 6.23. The Hall–Kier alpha value is -1.26. The van der Waals surface area contributed by atoms with Crippen LogP contribution in [0.1, 0.15) is 24.5 Å². The van der Waals surface area contributed by atoms with E-state index in [-0.39, 0.29) is 0 Å². The Labute approximate surface area is 95.0 Å². The maximum Gasteiger partial charge on any atom is 0.128 e. The van der Waals surface area contributed by atoms with Crippen LogP contribution in [-0.2, 0) is 0 Å². The van der Waals surface area contributed by atoms with Crippen LogP contribution in [0, 0.1) is 0 Å². The molecule has 0 saturated heterocycles. The maximum absolute atomic E-state index is 10.1. The van der Waals surface area contributed by atoms with Gasteiger partial charge in [-0.25, -0.2) is 0 Å². The molecule has 1 aliphatic rings. The van der Waals surface area contributed by atoms with E-state index in [1.165, 1.54) is 0 Å². The Morgan fingerprint density at radius 2 is 2.00 bits per heavy atom. The number of nitrogens with two attached hydrogens (primary N) is 1. The molecule has 1 unspecified atom stereocenters. The Morgan fingerprint density at radius 3 is 2.50 bits per heavy atom. The molecule has 1 atom stereocenters. The van der Waals surface area contributed by atoms with Crippen LogP contribution >= 0.6 is 0 Å². The molecule has 0 aromatic heterocycles. The monoisotopic (exact) mass is 223 g/mol. The van der Waals surface area contributed by atoms with Gasteiger partial charge in [0.1, 0.15) is 17.6 Å². The standard InChI is InChI=1S/C12H17NO3/c1-15-8-3-4-9(10(7-8)16-2)11(14)12(13)5-6-12/h3-4,7,11,14H,5-6,13H2,1-2H3. The number of benzene rings is 1. The zero-order chi connectivity index (χ0) is 11.8. The van der Waals surface area contributed by atoms with Crippen molar-refractivity contribution in [1.82, 2.24) is 0 Å². The molecule has 4 heteroatoms. The van der Waals surface area contributed by atoms with E-state index in [4.69, 9.17) is 15.2 Å². The van der Waals surface area contributed by atoms with Gasteiger partial charge in [0, 0.05) is 17.2 Å². The third-order valence-electron chi connectivity index (χ3n) is 3.11. The lowest BCUT2D eigenvalue weighted by Crippen LogP contribution is -2.30. The van der Waals surface area contributed by atoms with Gasteiger partial charge in [-0.15, -0.1) is 0 Å². The summed E-state index contributed by atoms with van der Waals surface area (Å²) in [5, 5.41) is 10.1. The van der Waals surface area contributed by atoms with E-state index in [1.807, 2.05) is 0 Å². The minimum atomic E-state index is -0.673. The molecular weight excluding hydrogens is 206 g/mol. The van der Waals surface area contributed by atoms with Gasteiger partial charge in [0.25, 0.3) is 0 Å². The molecule has 0 aliphatic heterocycles. The summed E-state index contributed by atoms with van der Waals surface area (Å²) < 4.78 is 10.3. The number of ether oxygens (including phenoxy) is 2. The average Bonchev–Trinajstić information content (AvgIpc) is 3.06. The summed E-state index contributed by atoms with van der Waals surface area (Å²) in [7, 11) is 3.16. The van der Waals surface area contributed by atoms with Gasteiger partial charge >= 0.3 is 0 Å². The SMILES string of the molecule is COc1ccc(C(O)C2(N)CC2)c(OC)c1. The number of methoxy groups -OCH3 is 2. The van der Waals surface area contributed by atoms with E-state index in [0.717, 1.165) is 18.4 Å². The molecule has 0 radical (unpaired) electrons. The predicted molar refractivity (Wildman–Crippen MR) is 60.7 cm³/mol. The van der Waals surface area contributed by atoms with Crippen molar-refractivity contribution in [2.24, 2.45) is 5.73 Å². The highest BCUT2D eigenvalue weighted by atomic mass is 16.5. The van der Waals surface area contributed by atoms with Crippen molar-refractivity contribution in [1.29, 1.82) is 0 Å². The van der Waals surface area contributed by atoms with Crippen LogP contribution in [0.5, 0.6) is 11.5 Å². The van der Waals surface area contributed by atoms with Crippen LogP contribution < -0.4 is 15.2 Å². The summed E-state index contributed by atoms with van der Waals surface area (Å²) in [6.45, 7) is 0. The van der Waals surface area contributed by atoms with Crippen molar-refractivity contribution in [2.75, 3.05) is 14.2 Å². The first kappa shape index (κ1) is 11.2. The molecule has 0 spiro atoms. The lowest BCUT2D eigenvalue weighted by Gasteiger charge is -2.20. The molecule has 1 aliphatic carbocycles. The highest BCUT2D eigenvalue weighted by Gasteiger charge is 2.46. The third kappa shape index (κ3) is 1.86. The van der Waals surface area contributed by atoms with Gasteiger partial charge in [-0.05, 0) is 25.0 Å². The van der Waals surface area contributed by atoms with Gasteiger partial charge in [0.15, 0.2) is 0 Å². The predicted octanol–water partition coefficient (Wildman–Crippen LogP) is 1.23. The molecule has 2 rings (SSSR count). The van der Waals surface area contributed by atoms with Crippen LogP contribution in [0.15, 0.2) is 18.2 Å². The number of aliphatic hydroxyl groups excluding tert-OH is 1. The lowest BCUT2D eigenvalue weighted by molar-refractivity contribution is 0.132. The number of hydrogen-bond donors (Lipinski definition) is 2. The van der Waals surface area contributed by atoms with E-state index < -0.39 is 11.6 Å². The van der Waals surface area contributed by atoms with Crippen LogP contribution in [0.3, 0.4) is 0 Å². The van der Waals surface area contributed by atoms with Crippen molar-refractivity contribution < 1.29 is 14.6 Å². The van der Waals surface area contributed by atoms with E-state index in [1.54, 1.807) is 32.4 Å². The molecule has 16 heavy (non-hydrogen) atoms. The molecule has 1 aromatic carbocycles. The zero-order valence-electron chi connectivity index (χ0n) is 9.56. The van der Waals surface area contributed by atoms with E-state index in [2.05, 4.69) is 0 Å². The Morgan fingerprint density at radius 1 is 1.31 bits per heavy atom. The van der Waals surface area contributed by atoms with Crippen molar-refractivity contribution in [2.45, 2.75) is 24.5 Å². The van der Waals surface area contributed by atoms with E-state index in [0.29, 0.717) is 11.5 Å². The van der Waals surface area contributed by atoms with Gasteiger partial charge in [-0.2, -0.15) is 0 Å². The molecule has 0 bridgehead atoms. The summed E-state index contributed by atoms with van der Waals surface area (Å²) in [5.74, 6) is 1.32. The zero-order valence-corrected chi connectivity index (χ0v) is 9.56. The smallest absolute Gasteiger partial charge is 0.128 e. The number of aliphatic hydroxyl groups is 1. The molecular formula is C12H17NO3. The largest absolute Gasteiger partial charge is 0.497 e. The Balaban J connectivity index is 2.32. The van der Waals surface area contributed by atoms with Crippen molar-refractivity contribution in [3.63, 3.8) is 0 Å². The van der Waals surface area contributed by atoms with Gasteiger partial charge in [0.2, 0.25) is 0 Å². The van der Waals surface area contributed by atoms with Crippen molar-refractivity contribution >= 4 is 0 Å². The lowest BCUT2D eigenvalue weighted by atomic mass is 10.00. The molecule has 1 saturated carbocycles. The molecule has 0 heterocycles. The van der Waals surface area contributed by atoms with Gasteiger partial charge in [-0.1, -0.05) is 0 Å². The van der Waals surface area contributed by atoms with E-state index in [9.17, 15) is 5.11 Å². The number of rotatable bonds is 4. The first-order chi connectivity index (χ1) is 7.60. The summed E-state index contributed by atoms with van der Waals surface area (Å²) in [6, 6.07) is 5.35. The molecule has 88 valence electrons. The van der Waals surface area contributed by atoms with Gasteiger partial charge < -0.3 is 20.3 Å². The molecule has 1 aromatic rings. The third-order valence-corrected chi connectivity index (χ3v) is 3.11. The van der Waals surface area contributed by atoms with Gasteiger partial charge in [-0.3, -0.25) is 0 Å². The molecule has 1 fully saturated rings. The molecule has 0 amide bonds. The number of hydrogen-bond acceptors (Lipinski definition) is 4. The summed E-state index contributed by atoms with van der Waals surface area (Å²) in [4.78, 5) is 0. The normalized spacial score (nSPS) is 19.0. The van der Waals surface area contributed by atoms with Crippen LogP contribution in [-0.4, -0.2) is 24.9 Å². The average molecular weight is 223 g/mol. The quantitative estimate of drug-likeness (QED) is 0.805. The fourth-order valence-electron chi connectivity index (χ4n) is 1.77. The van der Waals surface area contributed by atoms with Crippen molar-refractivity contribution in [3.8, 4) is 11.5 Å². The minimum absolute atomic E-state index is 0.470. The first-order valence-electron chi connectivity index (χ1n) is 5.29. The Kier molecular flexibility index (Phi) is 2.78. The highest BCUT2D eigenvalue weighted by molar-refractivity contribution is 5.43. The minimum Gasteiger partial charge on any atom is -0.497 e. The fraction of sp³-hybridized carbons (Fsp3) is 0.500. The van der Waals surface area contributed by atoms with E-state index >= 15 is 0 Å². The topological polar surface area (TPSA) is 64.7 Å². The maximum atomic E-state index is 10.1. The van der Waals surface area contributed by atoms with Gasteiger partial charge in [0.05, 0.1) is 14.2 Å². The summed E-state index contributed by atoms with van der Waals surface area (Å²) >= 11 is 0. The van der Waals surface area contributed by atoms with Crippen LogP contribution in [0.4, 0.5) is 0 Å². The van der Waals surface area contributed by atoms with Crippen molar-refractivity contribution in [3.05, 3.63) is 23.8 Å². The Bertz CT molecular complexity index is 388. The molecule has 4 nitrogen and oxygen atoms in total. The van der Waals surface area contributed by atoms with Crippen LogP contribution in [0.25, 0.3) is 0 Å². The molecule has 3 N–H and O–H groups in total. The highest BCUT2D eigenvalue weighted by Crippen LogP contribution is 2.46. The second-order valence-corrected chi connectivity index (χ2v) is 4.24.